The molecule has 0 aliphatic carbocycles. The maximum atomic E-state index is 8.76. The molecule has 0 bridgehead atoms. The number of hydrogen-bond acceptors (Lipinski definition) is 4. The Bertz CT molecular complexity index is 679. The molecule has 0 aliphatic rings. The number of benzene rings is 1. The Labute approximate surface area is 124 Å². The molecule has 0 saturated heterocycles. The predicted octanol–water partition coefficient (Wildman–Crippen LogP) is 4.24. The van der Waals surface area contributed by atoms with Crippen molar-refractivity contribution in [1.29, 1.82) is 5.26 Å². The van der Waals surface area contributed by atoms with Gasteiger partial charge in [-0.2, -0.15) is 5.26 Å². The molecule has 2 aromatic rings. The monoisotopic (exact) mass is 312 g/mol. The second-order valence-corrected chi connectivity index (χ2v) is 4.84. The summed E-state index contributed by atoms with van der Waals surface area (Å²) >= 11 is 17.8. The van der Waals surface area contributed by atoms with Gasteiger partial charge in [-0.15, -0.1) is 0 Å². The van der Waals surface area contributed by atoms with Gasteiger partial charge in [0, 0.05) is 0 Å². The van der Waals surface area contributed by atoms with Crippen molar-refractivity contribution >= 4 is 52.1 Å². The van der Waals surface area contributed by atoms with E-state index >= 15 is 0 Å². The van der Waals surface area contributed by atoms with Crippen LogP contribution in [0.4, 0.5) is 17.3 Å². The number of hydrogen-bond donors (Lipinski definition) is 2. The largest absolute Gasteiger partial charge is 0.382 e. The number of nitriles is 1. The highest BCUT2D eigenvalue weighted by atomic mass is 35.5. The number of nitrogens with one attached hydrogen (secondary N) is 1. The van der Waals surface area contributed by atoms with Crippen LogP contribution < -0.4 is 11.1 Å². The summed E-state index contributed by atoms with van der Waals surface area (Å²) in [7, 11) is 0. The molecule has 1 heterocycles. The Morgan fingerprint density at radius 3 is 2.47 bits per heavy atom. The minimum Gasteiger partial charge on any atom is -0.382 e. The van der Waals surface area contributed by atoms with Crippen molar-refractivity contribution in [2.24, 2.45) is 0 Å². The predicted molar refractivity (Wildman–Crippen MR) is 78.1 cm³/mol. The third-order valence-corrected chi connectivity index (χ3v) is 3.21. The van der Waals surface area contributed by atoms with Crippen molar-refractivity contribution in [3.63, 3.8) is 0 Å². The molecular formula is C12H7Cl3N4. The van der Waals surface area contributed by atoms with Gasteiger partial charge in [0.1, 0.15) is 5.82 Å². The maximum absolute atomic E-state index is 8.76. The molecule has 96 valence electrons. The lowest BCUT2D eigenvalue weighted by Gasteiger charge is -2.10. The first kappa shape index (κ1) is 13.8. The van der Waals surface area contributed by atoms with Gasteiger partial charge in [0.25, 0.3) is 0 Å². The SMILES string of the molecule is N#Cc1ccc(Nc2nc(N)c(Cl)cc2Cl)c(Cl)c1. The number of rotatable bonds is 2. The standard InChI is InChI=1S/C12H7Cl3N4/c13-7-3-6(5-16)1-2-10(7)18-12-9(15)4-8(14)11(17)19-12/h1-4H,(H3,17,18,19). The van der Waals surface area contributed by atoms with Gasteiger partial charge in [-0.3, -0.25) is 0 Å². The average Bonchev–Trinajstić information content (AvgIpc) is 2.38. The summed E-state index contributed by atoms with van der Waals surface area (Å²) in [6.07, 6.45) is 0. The van der Waals surface area contributed by atoms with Crippen LogP contribution in [0, 0.1) is 11.3 Å². The van der Waals surface area contributed by atoms with Gasteiger partial charge in [0.15, 0.2) is 5.82 Å². The van der Waals surface area contributed by atoms with E-state index in [-0.39, 0.29) is 10.8 Å². The van der Waals surface area contributed by atoms with Crippen molar-refractivity contribution in [3.05, 3.63) is 44.9 Å². The van der Waals surface area contributed by atoms with E-state index in [1.165, 1.54) is 12.1 Å². The van der Waals surface area contributed by atoms with Gasteiger partial charge in [-0.25, -0.2) is 4.98 Å². The first-order chi connectivity index (χ1) is 9.01. The molecule has 0 fully saturated rings. The molecule has 0 saturated carbocycles. The number of nitrogen functional groups attached to an aromatic ring is 1. The molecule has 2 rings (SSSR count). The normalized spacial score (nSPS) is 10.0. The fraction of sp³-hybridized carbons (Fsp3) is 0. The maximum Gasteiger partial charge on any atom is 0.151 e. The van der Waals surface area contributed by atoms with Crippen LogP contribution in [0.1, 0.15) is 5.56 Å². The molecule has 0 radical (unpaired) electrons. The van der Waals surface area contributed by atoms with Crippen LogP contribution in [-0.4, -0.2) is 4.98 Å². The highest BCUT2D eigenvalue weighted by Gasteiger charge is 2.09. The Kier molecular flexibility index (Phi) is 4.01. The van der Waals surface area contributed by atoms with Crippen molar-refractivity contribution in [3.8, 4) is 6.07 Å². The number of halogens is 3. The second-order valence-electron chi connectivity index (χ2n) is 3.62. The summed E-state index contributed by atoms with van der Waals surface area (Å²) in [5, 5.41) is 12.7. The highest BCUT2D eigenvalue weighted by molar-refractivity contribution is 6.37. The zero-order valence-corrected chi connectivity index (χ0v) is 11.7. The van der Waals surface area contributed by atoms with Gasteiger partial charge in [-0.1, -0.05) is 34.8 Å². The molecule has 0 aliphatic heterocycles. The summed E-state index contributed by atoms with van der Waals surface area (Å²) in [6.45, 7) is 0. The molecule has 0 atom stereocenters. The number of aromatic nitrogens is 1. The van der Waals surface area contributed by atoms with Crippen molar-refractivity contribution in [2.75, 3.05) is 11.1 Å². The topological polar surface area (TPSA) is 74.7 Å². The fourth-order valence-electron chi connectivity index (χ4n) is 1.38. The van der Waals surface area contributed by atoms with E-state index in [1.54, 1.807) is 12.1 Å². The van der Waals surface area contributed by atoms with Gasteiger partial charge in [-0.05, 0) is 24.3 Å². The van der Waals surface area contributed by atoms with Crippen molar-refractivity contribution in [1.82, 2.24) is 4.98 Å². The zero-order chi connectivity index (χ0) is 14.0. The van der Waals surface area contributed by atoms with Crippen LogP contribution in [0.5, 0.6) is 0 Å². The van der Waals surface area contributed by atoms with Crippen LogP contribution in [0.3, 0.4) is 0 Å². The number of pyridine rings is 1. The molecule has 0 unspecified atom stereocenters. The summed E-state index contributed by atoms with van der Waals surface area (Å²) in [4.78, 5) is 4.03. The molecular weight excluding hydrogens is 307 g/mol. The zero-order valence-electron chi connectivity index (χ0n) is 9.42. The fourth-order valence-corrected chi connectivity index (χ4v) is 2.02. The molecule has 3 N–H and O–H groups in total. The lowest BCUT2D eigenvalue weighted by atomic mass is 10.2. The van der Waals surface area contributed by atoms with E-state index in [2.05, 4.69) is 10.3 Å². The summed E-state index contributed by atoms with van der Waals surface area (Å²) in [6, 6.07) is 8.31. The van der Waals surface area contributed by atoms with Crippen molar-refractivity contribution < 1.29 is 0 Å². The van der Waals surface area contributed by atoms with Crippen LogP contribution in [0.15, 0.2) is 24.3 Å². The first-order valence-electron chi connectivity index (χ1n) is 5.09. The van der Waals surface area contributed by atoms with E-state index in [0.29, 0.717) is 27.1 Å². The number of nitrogens with zero attached hydrogens (tertiary/aromatic N) is 2. The third kappa shape index (κ3) is 3.02. The minimum atomic E-state index is 0.165. The molecule has 0 amide bonds. The van der Waals surface area contributed by atoms with Crippen LogP contribution in [0.2, 0.25) is 15.1 Å². The minimum absolute atomic E-state index is 0.165. The molecule has 0 spiro atoms. The molecule has 7 heteroatoms. The van der Waals surface area contributed by atoms with Crippen LogP contribution >= 0.6 is 34.8 Å². The Morgan fingerprint density at radius 1 is 1.11 bits per heavy atom. The quantitative estimate of drug-likeness (QED) is 0.869. The summed E-state index contributed by atoms with van der Waals surface area (Å²) in [5.74, 6) is 0.508. The van der Waals surface area contributed by atoms with Gasteiger partial charge in [0.2, 0.25) is 0 Å². The van der Waals surface area contributed by atoms with Crippen LogP contribution in [-0.2, 0) is 0 Å². The van der Waals surface area contributed by atoms with Gasteiger partial charge in [0.05, 0.1) is 32.4 Å². The molecule has 19 heavy (non-hydrogen) atoms. The van der Waals surface area contributed by atoms with E-state index in [0.717, 1.165) is 0 Å². The Hall–Kier alpha value is -1.67. The lowest BCUT2D eigenvalue weighted by Crippen LogP contribution is -1.99. The first-order valence-corrected chi connectivity index (χ1v) is 6.23. The number of nitrogens with two attached hydrogens (primary N) is 1. The number of anilines is 3. The van der Waals surface area contributed by atoms with Gasteiger partial charge < -0.3 is 11.1 Å². The van der Waals surface area contributed by atoms with Gasteiger partial charge >= 0.3 is 0 Å². The molecule has 4 nitrogen and oxygen atoms in total. The van der Waals surface area contributed by atoms with Crippen molar-refractivity contribution in [2.45, 2.75) is 0 Å². The summed E-state index contributed by atoms with van der Waals surface area (Å²) < 4.78 is 0. The van der Waals surface area contributed by atoms with E-state index in [4.69, 9.17) is 45.8 Å². The third-order valence-electron chi connectivity index (χ3n) is 2.31. The van der Waals surface area contributed by atoms with E-state index < -0.39 is 0 Å². The van der Waals surface area contributed by atoms with E-state index in [1.807, 2.05) is 6.07 Å². The Morgan fingerprint density at radius 2 is 1.84 bits per heavy atom. The van der Waals surface area contributed by atoms with Crippen LogP contribution in [0.25, 0.3) is 0 Å². The Balaban J connectivity index is 2.37. The molecule has 1 aromatic carbocycles. The highest BCUT2D eigenvalue weighted by Crippen LogP contribution is 2.32. The second kappa shape index (κ2) is 5.54. The molecule has 1 aromatic heterocycles. The summed E-state index contributed by atoms with van der Waals surface area (Å²) in [5.41, 5.74) is 6.64. The average molecular weight is 314 g/mol. The van der Waals surface area contributed by atoms with E-state index in [9.17, 15) is 0 Å². The lowest BCUT2D eigenvalue weighted by molar-refractivity contribution is 1.31. The smallest absolute Gasteiger partial charge is 0.151 e.